The van der Waals surface area contributed by atoms with E-state index in [0.717, 1.165) is 41.9 Å². The quantitative estimate of drug-likeness (QED) is 0.00969. The zero-order valence-electron chi connectivity index (χ0n) is 104. The number of aromatic nitrogens is 20. The van der Waals surface area contributed by atoms with Gasteiger partial charge >= 0.3 is 0 Å². The first-order chi connectivity index (χ1) is 78.7. The van der Waals surface area contributed by atoms with Crippen molar-refractivity contribution in [1.29, 1.82) is 0 Å². The topological polar surface area (TPSA) is 554 Å². The molecule has 144 heavy (non-hydrogen) atoms. The highest BCUT2D eigenvalue weighted by atomic mass is 32.2. The number of nitrogens with one attached hydrogen (secondary N) is 4. The molecule has 12 aromatic rings. The third-order valence-electron chi connectivity index (χ3n) is 25.5. The number of halogens is 4. The predicted octanol–water partition coefficient (Wildman–Crippen LogP) is 8.73. The van der Waals surface area contributed by atoms with Gasteiger partial charge in [-0.15, -0.1) is 20.4 Å². The molecule has 8 aliphatic rings. The SMILES string of the molecule is [2H]C([2H])(C)C([2H])([2H])Sc1nc(N[C@]2([2H])C[C@H]2c2ccc(C)c(F)c2)c2nnn([C@@H]3C[C@H](OCCO)[C@@H](O)[C@H]3O)c2n1.[2H]C([2H])(CC)Sc1nc(N[C@]2([2H])C[C@H]2c2ccc(C)c(F)c2)c2nnn([C@@H]3C[C@H](OC([2H])([2H])C([2H])([2H])O)[C@@H](O)[C@H]3O)c2n1.[2H]C([2H])(CO)O[C@H]1C[C@@H](n2nnc3c(N[C@]4([2H])C[C@H]4c4ccc(C)c(F)c4)nc(SC([2H])([2H])C([2H])([2H])C)nc32)[C@H](O)[C@@H]1O.[2H]C([2H])(O)CO[C@H]1C[C@@H](n2nnc3c(N[C@]4([2H])C[C@H]4c4ccc(C)c(F)c4)nc(SC([2H])([2H])C([2H])([2H])C)nc32)[C@H](O)[C@@H]1O. The Morgan fingerprint density at radius 2 is 0.618 bits per heavy atom. The van der Waals surface area contributed by atoms with E-state index in [1.165, 1.54) is 33.6 Å². The second kappa shape index (κ2) is 47.3. The van der Waals surface area contributed by atoms with Crippen LogP contribution in [0.15, 0.2) is 93.4 Å². The molecule has 24 atom stereocenters. The molecular weight excluding hydrogens is 1950 g/mol. The van der Waals surface area contributed by atoms with Crippen LogP contribution in [0.4, 0.5) is 40.8 Å². The van der Waals surface area contributed by atoms with Gasteiger partial charge in [0.25, 0.3) is 0 Å². The van der Waals surface area contributed by atoms with Crippen LogP contribution in [0.5, 0.6) is 0 Å². The molecule has 40 nitrogen and oxygen atoms in total. The van der Waals surface area contributed by atoms with E-state index in [-0.39, 0.29) is 164 Å². The number of fused-ring (bicyclic) bond motifs is 4. The van der Waals surface area contributed by atoms with Gasteiger partial charge in [-0.2, -0.15) is 0 Å². The van der Waals surface area contributed by atoms with E-state index < -0.39 is 226 Å². The molecule has 0 aliphatic heterocycles. The fourth-order valence-electron chi connectivity index (χ4n) is 17.5. The van der Waals surface area contributed by atoms with Crippen LogP contribution in [0.1, 0.15) is 233 Å². The van der Waals surface area contributed by atoms with E-state index in [2.05, 4.69) is 102 Å². The predicted molar refractivity (Wildman–Crippen MR) is 530 cm³/mol. The number of ether oxygens (including phenoxy) is 4. The minimum Gasteiger partial charge on any atom is -0.394 e. The third kappa shape index (κ3) is 23.8. The van der Waals surface area contributed by atoms with E-state index >= 15 is 0 Å². The molecule has 4 aromatic carbocycles. The highest BCUT2D eigenvalue weighted by molar-refractivity contribution is 7.99. The largest absolute Gasteiger partial charge is 0.394 e. The first-order valence-electron chi connectivity index (χ1n) is 58.8. The molecule has 0 unspecified atom stereocenters. The zero-order chi connectivity index (χ0) is 125. The molecule has 8 aromatic heterocycles. The van der Waals surface area contributed by atoms with Crippen molar-refractivity contribution in [2.24, 2.45) is 0 Å². The first-order valence-corrected chi connectivity index (χ1v) is 49.1. The van der Waals surface area contributed by atoms with E-state index in [1.807, 2.05) is 0 Å². The van der Waals surface area contributed by atoms with E-state index in [9.17, 15) is 73.7 Å². The molecule has 0 amide bonds. The van der Waals surface area contributed by atoms with Gasteiger partial charge in [0, 0.05) is 115 Å². The summed E-state index contributed by atoms with van der Waals surface area (Å²) in [5.74, 6) is -3.07. The van der Waals surface area contributed by atoms with Crippen LogP contribution >= 0.6 is 47.0 Å². The Morgan fingerprint density at radius 3 is 0.868 bits per heavy atom. The number of hydrogen-bond acceptors (Lipinski definition) is 40. The van der Waals surface area contributed by atoms with Crippen LogP contribution in [0.3, 0.4) is 0 Å². The fraction of sp³-hybridized carbons (Fsp3) is 0.583. The summed E-state index contributed by atoms with van der Waals surface area (Å²) >= 11 is 1.98. The summed E-state index contributed by atoms with van der Waals surface area (Å²) < 4.78 is 291. The molecule has 8 saturated carbocycles. The van der Waals surface area contributed by atoms with Crippen molar-refractivity contribution in [3.8, 4) is 0 Å². The molecule has 8 aliphatic carbocycles. The molecule has 776 valence electrons. The summed E-state index contributed by atoms with van der Waals surface area (Å²) in [6, 6.07) is 9.80. The van der Waals surface area contributed by atoms with Gasteiger partial charge in [0.15, 0.2) is 88.6 Å². The summed E-state index contributed by atoms with van der Waals surface area (Å²) in [4.78, 5) is 35.0. The van der Waals surface area contributed by atoms with Crippen LogP contribution in [0, 0.1) is 51.0 Å². The van der Waals surface area contributed by atoms with E-state index in [1.54, 1.807) is 83.1 Å². The Bertz CT molecular complexity index is 7800. The second-order valence-corrected chi connectivity index (χ2v) is 38.2. The number of benzene rings is 4. The lowest BCUT2D eigenvalue weighted by atomic mass is 10.1. The van der Waals surface area contributed by atoms with Crippen molar-refractivity contribution >= 4 is 115 Å². The highest BCUT2D eigenvalue weighted by Gasteiger charge is 2.51. The number of aliphatic hydroxyl groups is 12. The maximum Gasteiger partial charge on any atom is 0.191 e. The third-order valence-corrected chi connectivity index (χ3v) is 28.3. The summed E-state index contributed by atoms with van der Waals surface area (Å²) in [7, 11) is 0. The average Bonchev–Trinajstić information content (AvgIpc) is 1.58. The average molecular weight is 2100 g/mol. The second-order valence-electron chi connectivity index (χ2n) is 35.0. The van der Waals surface area contributed by atoms with Crippen molar-refractivity contribution in [3.63, 3.8) is 0 Å². The van der Waals surface area contributed by atoms with Crippen LogP contribution in [0.25, 0.3) is 44.7 Å². The van der Waals surface area contributed by atoms with Crippen LogP contribution in [-0.2, 0) is 18.9 Å². The van der Waals surface area contributed by atoms with Gasteiger partial charge in [-0.25, -0.2) is 76.2 Å². The molecule has 8 heterocycles. The van der Waals surface area contributed by atoms with E-state index in [0.29, 0.717) is 99.1 Å². The number of rotatable bonds is 40. The molecule has 0 saturated heterocycles. The number of anilines is 4. The van der Waals surface area contributed by atoms with Crippen molar-refractivity contribution in [2.45, 2.75) is 298 Å². The number of aliphatic hydroxyl groups excluding tert-OH is 10. The molecule has 0 radical (unpaired) electrons. The summed E-state index contributed by atoms with van der Waals surface area (Å²) in [5, 5.41) is 167. The van der Waals surface area contributed by atoms with Crippen molar-refractivity contribution in [1.82, 2.24) is 99.8 Å². The summed E-state index contributed by atoms with van der Waals surface area (Å²) in [6.07, 6.45) is -22.4. The van der Waals surface area contributed by atoms with Gasteiger partial charge in [-0.05, 0) is 148 Å². The summed E-state index contributed by atoms with van der Waals surface area (Å²) in [6.45, 7) is -2.36. The Kier molecular flexibility index (Phi) is 25.3. The molecular formula is C96H124F4N24O16S4. The van der Waals surface area contributed by atoms with Gasteiger partial charge in [0.1, 0.15) is 72.1 Å². The lowest BCUT2D eigenvalue weighted by Gasteiger charge is -2.17. The number of hydrogen-bond donors (Lipinski definition) is 16. The molecule has 48 heteroatoms. The number of aryl methyl sites for hydroxylation is 4. The Balaban J connectivity index is 0.000000151. The van der Waals surface area contributed by atoms with Crippen LogP contribution in [0.2, 0.25) is 0 Å². The maximum atomic E-state index is 14.2. The van der Waals surface area contributed by atoms with Crippen LogP contribution < -0.4 is 21.3 Å². The number of nitrogens with zero attached hydrogens (tertiary/aromatic N) is 20. The van der Waals surface area contributed by atoms with E-state index in [4.69, 9.17) is 59.7 Å². The van der Waals surface area contributed by atoms with Crippen LogP contribution in [-0.4, -0.2) is 334 Å². The molecule has 16 N–H and O–H groups in total. The Hall–Kier alpha value is -9.52. The zero-order valence-corrected chi connectivity index (χ0v) is 81.5. The Morgan fingerprint density at radius 1 is 0.347 bits per heavy atom. The van der Waals surface area contributed by atoms with Crippen molar-refractivity contribution in [3.05, 3.63) is 141 Å². The van der Waals surface area contributed by atoms with Gasteiger partial charge < -0.3 is 101 Å². The lowest BCUT2D eigenvalue weighted by Crippen LogP contribution is -2.33. The smallest absolute Gasteiger partial charge is 0.191 e. The minimum atomic E-state index is -3.40. The molecule has 8 fully saturated rings. The van der Waals surface area contributed by atoms with Crippen molar-refractivity contribution in [2.75, 3.05) is 96.8 Å². The number of thioether (sulfide) groups is 4. The minimum absolute atomic E-state index is 0.00869. The monoisotopic (exact) mass is 2100 g/mol. The summed E-state index contributed by atoms with van der Waals surface area (Å²) in [5.41, 5.74) is -4.51. The molecule has 20 rings (SSSR count). The normalized spacial score (nSPS) is 33.4. The first kappa shape index (κ1) is 76.9. The highest BCUT2D eigenvalue weighted by Crippen LogP contribution is 2.50. The standard InChI is InChI=1S/4C24H31FN6O4S/c4*1-3-8-36-24-27-22(26-16-10-14(16)13-5-4-12(2)15(25)9-13)19-23(28-24)31(30-29-19)17-11-18(35-7-6-32)21(34)20(17)33/h4*4-5,9,14,16-18,20-21,32-34H,3,6-8,10-11H2,1-2H3,(H,26,27,28)/t4*14-,16+,17+,18-,20-,21+/m0000/s1/i6D2,7D2,8D2,16D;3D2,7D2,8D2,16D;3D2,6D2,8D2,16D;3D2,8D2,16D. The van der Waals surface area contributed by atoms with Gasteiger partial charge in [-0.1, -0.05) is 144 Å². The maximum absolute atomic E-state index is 14.2. The van der Waals surface area contributed by atoms with Gasteiger partial charge in [0.05, 0.1) is 118 Å². The fourth-order valence-corrected chi connectivity index (χ4v) is 19.4. The van der Waals surface area contributed by atoms with Gasteiger partial charge in [0.2, 0.25) is 0 Å². The lowest BCUT2D eigenvalue weighted by molar-refractivity contribution is -0.0629. The molecule has 0 bridgehead atoms. The van der Waals surface area contributed by atoms with Crippen molar-refractivity contribution < 1.29 is 133 Å². The van der Waals surface area contributed by atoms with Gasteiger partial charge in [-0.3, -0.25) is 0 Å². The molecule has 0 spiro atoms. The Labute approximate surface area is 880 Å².